The molecule has 0 aliphatic carbocycles. The summed E-state index contributed by atoms with van der Waals surface area (Å²) in [4.78, 5) is 13.2. The van der Waals surface area contributed by atoms with Crippen molar-refractivity contribution in [3.8, 4) is 5.75 Å². The molecule has 0 radical (unpaired) electrons. The molecule has 0 aliphatic heterocycles. The molecule has 1 aromatic carbocycles. The SMILES string of the molecule is COc1csc(C(=O)c2cn(C)c3ccccc23)c1. The number of aromatic nitrogens is 1. The number of para-hydroxylation sites is 1. The van der Waals surface area contributed by atoms with Gasteiger partial charge in [0, 0.05) is 41.2 Å². The van der Waals surface area contributed by atoms with E-state index in [2.05, 4.69) is 0 Å². The number of nitrogens with zero attached hydrogens (tertiary/aromatic N) is 1. The van der Waals surface area contributed by atoms with Crippen molar-refractivity contribution < 1.29 is 9.53 Å². The summed E-state index contributed by atoms with van der Waals surface area (Å²) < 4.78 is 7.11. The molecule has 3 aromatic rings. The Bertz CT molecular complexity index is 754. The highest BCUT2D eigenvalue weighted by molar-refractivity contribution is 7.12. The van der Waals surface area contributed by atoms with Gasteiger partial charge in [-0.3, -0.25) is 4.79 Å². The fourth-order valence-electron chi connectivity index (χ4n) is 2.20. The van der Waals surface area contributed by atoms with Crippen molar-refractivity contribution >= 4 is 28.0 Å². The fourth-order valence-corrected chi connectivity index (χ4v) is 3.01. The van der Waals surface area contributed by atoms with Crippen LogP contribution in [0.2, 0.25) is 0 Å². The topological polar surface area (TPSA) is 31.2 Å². The molecule has 4 heteroatoms. The van der Waals surface area contributed by atoms with Gasteiger partial charge in [-0.25, -0.2) is 0 Å². The Labute approximate surface area is 115 Å². The van der Waals surface area contributed by atoms with Crippen LogP contribution in [0.25, 0.3) is 10.9 Å². The number of ketones is 1. The highest BCUT2D eigenvalue weighted by atomic mass is 32.1. The molecule has 0 N–H and O–H groups in total. The number of fused-ring (bicyclic) bond motifs is 1. The molecule has 0 bridgehead atoms. The molecule has 96 valence electrons. The lowest BCUT2D eigenvalue weighted by Crippen LogP contribution is -1.97. The van der Waals surface area contributed by atoms with Gasteiger partial charge in [-0.05, 0) is 6.07 Å². The first-order valence-electron chi connectivity index (χ1n) is 5.92. The monoisotopic (exact) mass is 271 g/mol. The zero-order chi connectivity index (χ0) is 13.4. The predicted molar refractivity (Wildman–Crippen MR) is 77.2 cm³/mol. The van der Waals surface area contributed by atoms with Gasteiger partial charge in [0.15, 0.2) is 0 Å². The highest BCUT2D eigenvalue weighted by Gasteiger charge is 2.17. The lowest BCUT2D eigenvalue weighted by molar-refractivity contribution is 0.104. The minimum Gasteiger partial charge on any atom is -0.496 e. The van der Waals surface area contributed by atoms with E-state index in [1.165, 1.54) is 11.3 Å². The Kier molecular flexibility index (Phi) is 2.87. The quantitative estimate of drug-likeness (QED) is 0.683. The third-order valence-electron chi connectivity index (χ3n) is 3.18. The Morgan fingerprint density at radius 3 is 2.84 bits per heavy atom. The van der Waals surface area contributed by atoms with E-state index < -0.39 is 0 Å². The summed E-state index contributed by atoms with van der Waals surface area (Å²) in [7, 11) is 3.56. The number of rotatable bonds is 3. The van der Waals surface area contributed by atoms with Crippen LogP contribution in [0.5, 0.6) is 5.75 Å². The molecule has 2 heterocycles. The molecule has 0 unspecified atom stereocenters. The zero-order valence-electron chi connectivity index (χ0n) is 10.7. The Morgan fingerprint density at radius 2 is 2.11 bits per heavy atom. The summed E-state index contributed by atoms with van der Waals surface area (Å²) in [6.45, 7) is 0. The summed E-state index contributed by atoms with van der Waals surface area (Å²) in [5.41, 5.74) is 1.80. The van der Waals surface area contributed by atoms with Crippen LogP contribution >= 0.6 is 11.3 Å². The van der Waals surface area contributed by atoms with Gasteiger partial charge < -0.3 is 9.30 Å². The van der Waals surface area contributed by atoms with Gasteiger partial charge >= 0.3 is 0 Å². The van der Waals surface area contributed by atoms with Crippen molar-refractivity contribution in [2.24, 2.45) is 7.05 Å². The van der Waals surface area contributed by atoms with Gasteiger partial charge in [0.25, 0.3) is 0 Å². The van der Waals surface area contributed by atoms with Gasteiger partial charge in [0.2, 0.25) is 5.78 Å². The molecule has 0 fully saturated rings. The molecule has 0 spiro atoms. The van der Waals surface area contributed by atoms with Crippen molar-refractivity contribution in [3.63, 3.8) is 0 Å². The minimum absolute atomic E-state index is 0.0464. The molecule has 0 atom stereocenters. The molecular formula is C15H13NO2S. The number of carbonyl (C=O) groups is 1. The summed E-state index contributed by atoms with van der Waals surface area (Å²) in [6.07, 6.45) is 1.89. The molecule has 0 amide bonds. The first-order valence-corrected chi connectivity index (χ1v) is 6.80. The van der Waals surface area contributed by atoms with E-state index >= 15 is 0 Å². The normalized spacial score (nSPS) is 10.8. The van der Waals surface area contributed by atoms with Crippen molar-refractivity contribution in [3.05, 3.63) is 52.3 Å². The summed E-state index contributed by atoms with van der Waals surface area (Å²) in [5, 5.41) is 2.83. The first kappa shape index (κ1) is 12.0. The zero-order valence-corrected chi connectivity index (χ0v) is 11.5. The maximum Gasteiger partial charge on any atom is 0.205 e. The average Bonchev–Trinajstić information content (AvgIpc) is 3.04. The largest absolute Gasteiger partial charge is 0.496 e. The fraction of sp³-hybridized carbons (Fsp3) is 0.133. The second-order valence-electron chi connectivity index (χ2n) is 4.35. The van der Waals surface area contributed by atoms with Crippen LogP contribution in [-0.4, -0.2) is 17.5 Å². The number of hydrogen-bond acceptors (Lipinski definition) is 3. The van der Waals surface area contributed by atoms with Crippen LogP contribution < -0.4 is 4.74 Å². The van der Waals surface area contributed by atoms with E-state index in [-0.39, 0.29) is 5.78 Å². The minimum atomic E-state index is 0.0464. The number of aryl methyl sites for hydroxylation is 1. The van der Waals surface area contributed by atoms with Crippen LogP contribution in [0.3, 0.4) is 0 Å². The van der Waals surface area contributed by atoms with E-state index in [0.29, 0.717) is 4.88 Å². The lowest BCUT2D eigenvalue weighted by atomic mass is 10.1. The van der Waals surface area contributed by atoms with Gasteiger partial charge in [-0.2, -0.15) is 0 Å². The van der Waals surface area contributed by atoms with E-state index in [1.807, 2.05) is 47.5 Å². The highest BCUT2D eigenvalue weighted by Crippen LogP contribution is 2.27. The van der Waals surface area contributed by atoms with Gasteiger partial charge in [-0.1, -0.05) is 18.2 Å². The molecule has 0 saturated carbocycles. The maximum atomic E-state index is 12.5. The lowest BCUT2D eigenvalue weighted by Gasteiger charge is -1.95. The second-order valence-corrected chi connectivity index (χ2v) is 5.26. The maximum absolute atomic E-state index is 12.5. The van der Waals surface area contributed by atoms with Crippen LogP contribution in [-0.2, 0) is 7.05 Å². The van der Waals surface area contributed by atoms with E-state index in [0.717, 1.165) is 22.2 Å². The van der Waals surface area contributed by atoms with Crippen LogP contribution in [0.1, 0.15) is 15.2 Å². The van der Waals surface area contributed by atoms with Gasteiger partial charge in [0.05, 0.1) is 12.0 Å². The van der Waals surface area contributed by atoms with E-state index in [4.69, 9.17) is 4.74 Å². The number of methoxy groups -OCH3 is 1. The smallest absolute Gasteiger partial charge is 0.205 e. The molecule has 2 aromatic heterocycles. The molecule has 19 heavy (non-hydrogen) atoms. The number of thiophene rings is 1. The number of hydrogen-bond donors (Lipinski definition) is 0. The van der Waals surface area contributed by atoms with E-state index in [1.54, 1.807) is 13.2 Å². The predicted octanol–water partition coefficient (Wildman–Crippen LogP) is 3.48. The Morgan fingerprint density at radius 1 is 1.32 bits per heavy atom. The summed E-state index contributed by atoms with van der Waals surface area (Å²) >= 11 is 1.41. The summed E-state index contributed by atoms with van der Waals surface area (Å²) in [6, 6.07) is 9.71. The second kappa shape index (κ2) is 4.55. The summed E-state index contributed by atoms with van der Waals surface area (Å²) in [5.74, 6) is 0.777. The molecular weight excluding hydrogens is 258 g/mol. The van der Waals surface area contributed by atoms with Crippen LogP contribution in [0.4, 0.5) is 0 Å². The Balaban J connectivity index is 2.11. The molecule has 3 rings (SSSR count). The molecule has 0 aliphatic rings. The van der Waals surface area contributed by atoms with Crippen LogP contribution in [0, 0.1) is 0 Å². The van der Waals surface area contributed by atoms with Crippen molar-refractivity contribution in [1.29, 1.82) is 0 Å². The van der Waals surface area contributed by atoms with Crippen molar-refractivity contribution in [2.75, 3.05) is 7.11 Å². The molecule has 0 saturated heterocycles. The Hall–Kier alpha value is -2.07. The van der Waals surface area contributed by atoms with Gasteiger partial charge in [-0.15, -0.1) is 11.3 Å². The number of ether oxygens (including phenoxy) is 1. The van der Waals surface area contributed by atoms with Gasteiger partial charge in [0.1, 0.15) is 5.75 Å². The number of carbonyl (C=O) groups excluding carboxylic acids is 1. The first-order chi connectivity index (χ1) is 9.20. The number of benzene rings is 1. The van der Waals surface area contributed by atoms with Crippen molar-refractivity contribution in [1.82, 2.24) is 4.57 Å². The third kappa shape index (κ3) is 1.94. The third-order valence-corrected chi connectivity index (χ3v) is 4.08. The van der Waals surface area contributed by atoms with Crippen LogP contribution in [0.15, 0.2) is 41.9 Å². The van der Waals surface area contributed by atoms with E-state index in [9.17, 15) is 4.79 Å². The van der Waals surface area contributed by atoms with Crippen molar-refractivity contribution in [2.45, 2.75) is 0 Å². The standard InChI is InChI=1S/C15H13NO2S/c1-16-8-12(11-5-3-4-6-13(11)16)15(17)14-7-10(18-2)9-19-14/h3-9H,1-2H3. The molecule has 3 nitrogen and oxygen atoms in total. The average molecular weight is 271 g/mol.